The van der Waals surface area contributed by atoms with Crippen molar-refractivity contribution in [3.8, 4) is 5.88 Å². The standard InChI is InChI=1S/C13H19N9O9S2/c1-29-5-14-4-16-31-32-13-21-10(15-2-3-33(26,27)28)20-11(22-13)17-7-8(24)18-12(25)19-9(7)30-6-23/h6,14,16H,2-5H2,1H3,(H,26,27,28)(H2,18,19,24,25)(H2,15,17,20,21,22). The normalized spacial score (nSPS) is 11.2. The Morgan fingerprint density at radius 3 is 2.64 bits per heavy atom. The van der Waals surface area contributed by atoms with Gasteiger partial charge in [-0.15, -0.1) is 0 Å². The molecule has 33 heavy (non-hydrogen) atoms. The van der Waals surface area contributed by atoms with E-state index in [1.165, 1.54) is 7.11 Å². The maximum atomic E-state index is 12.1. The fourth-order valence-electron chi connectivity index (χ4n) is 1.95. The van der Waals surface area contributed by atoms with Crippen LogP contribution >= 0.6 is 12.0 Å². The number of rotatable bonds is 15. The van der Waals surface area contributed by atoms with Gasteiger partial charge in [0.15, 0.2) is 5.69 Å². The second-order valence-electron chi connectivity index (χ2n) is 5.60. The molecule has 0 unspecified atom stereocenters. The van der Waals surface area contributed by atoms with E-state index in [0.717, 1.165) is 0 Å². The first-order valence-corrected chi connectivity index (χ1v) is 11.0. The lowest BCUT2D eigenvalue weighted by Gasteiger charge is -2.11. The van der Waals surface area contributed by atoms with Crippen LogP contribution in [0.3, 0.4) is 0 Å². The lowest BCUT2D eigenvalue weighted by molar-refractivity contribution is -0.120. The van der Waals surface area contributed by atoms with E-state index in [0.29, 0.717) is 12.0 Å². The number of nitrogens with zero attached hydrogens (tertiary/aromatic N) is 3. The van der Waals surface area contributed by atoms with E-state index in [9.17, 15) is 22.8 Å². The molecule has 2 aromatic heterocycles. The fraction of sp³-hybridized carbons (Fsp3) is 0.385. The highest BCUT2D eigenvalue weighted by atomic mass is 32.2. The number of nitrogens with one attached hydrogen (secondary N) is 6. The first kappa shape index (κ1) is 26.1. The minimum Gasteiger partial charge on any atom is -0.409 e. The van der Waals surface area contributed by atoms with E-state index < -0.39 is 38.7 Å². The molecule has 20 heteroatoms. The predicted octanol–water partition coefficient (Wildman–Crippen LogP) is -2.49. The molecule has 2 heterocycles. The molecule has 2 rings (SSSR count). The molecule has 0 saturated heterocycles. The molecule has 2 aromatic rings. The third kappa shape index (κ3) is 9.48. The minimum absolute atomic E-state index is 0.00990. The highest BCUT2D eigenvalue weighted by Crippen LogP contribution is 2.21. The van der Waals surface area contributed by atoms with Crippen molar-refractivity contribution in [1.82, 2.24) is 35.7 Å². The summed E-state index contributed by atoms with van der Waals surface area (Å²) in [6.07, 6.45) is 0. The van der Waals surface area contributed by atoms with Crippen molar-refractivity contribution in [2.24, 2.45) is 0 Å². The van der Waals surface area contributed by atoms with E-state index in [2.05, 4.69) is 46.1 Å². The molecule has 0 atom stereocenters. The Kier molecular flexibility index (Phi) is 10.1. The van der Waals surface area contributed by atoms with Crippen LogP contribution in [0.25, 0.3) is 0 Å². The highest BCUT2D eigenvalue weighted by Gasteiger charge is 2.16. The average Bonchev–Trinajstić information content (AvgIpc) is 2.72. The predicted molar refractivity (Wildman–Crippen MR) is 112 cm³/mol. The van der Waals surface area contributed by atoms with Crippen LogP contribution in [0.5, 0.6) is 5.88 Å². The number of ether oxygens (including phenoxy) is 2. The first-order valence-electron chi connectivity index (χ1n) is 8.67. The van der Waals surface area contributed by atoms with Gasteiger partial charge in [-0.25, -0.2) is 9.08 Å². The number of hydroxylamine groups is 1. The number of aromatic amines is 2. The van der Waals surface area contributed by atoms with Crippen molar-refractivity contribution in [1.29, 1.82) is 0 Å². The molecule has 0 aromatic carbocycles. The zero-order chi connectivity index (χ0) is 24.3. The van der Waals surface area contributed by atoms with E-state index in [4.69, 9.17) is 13.6 Å². The summed E-state index contributed by atoms with van der Waals surface area (Å²) in [7, 11) is -2.75. The summed E-state index contributed by atoms with van der Waals surface area (Å²) in [5.74, 6) is -1.56. The van der Waals surface area contributed by atoms with Crippen molar-refractivity contribution in [2.75, 3.05) is 43.4 Å². The number of hydrogen-bond acceptors (Lipinski definition) is 16. The molecule has 0 radical (unpaired) electrons. The van der Waals surface area contributed by atoms with Crippen LogP contribution in [0.1, 0.15) is 0 Å². The van der Waals surface area contributed by atoms with E-state index >= 15 is 0 Å². The first-order chi connectivity index (χ1) is 15.7. The zero-order valence-electron chi connectivity index (χ0n) is 16.8. The van der Waals surface area contributed by atoms with Crippen LogP contribution in [0, 0.1) is 0 Å². The Bertz CT molecular complexity index is 1150. The van der Waals surface area contributed by atoms with E-state index in [-0.39, 0.29) is 43.5 Å². The van der Waals surface area contributed by atoms with Crippen molar-refractivity contribution in [3.63, 3.8) is 0 Å². The van der Waals surface area contributed by atoms with Gasteiger partial charge in [0, 0.05) is 13.7 Å². The van der Waals surface area contributed by atoms with Crippen LogP contribution in [-0.2, 0) is 23.9 Å². The smallest absolute Gasteiger partial charge is 0.328 e. The molecular formula is C13H19N9O9S2. The Morgan fingerprint density at radius 2 is 1.94 bits per heavy atom. The summed E-state index contributed by atoms with van der Waals surface area (Å²) >= 11 is 0.645. The van der Waals surface area contributed by atoms with Gasteiger partial charge in [-0.1, -0.05) is 0 Å². The maximum absolute atomic E-state index is 12.1. The molecule has 0 bridgehead atoms. The van der Waals surface area contributed by atoms with Crippen LogP contribution in [0.15, 0.2) is 14.7 Å². The van der Waals surface area contributed by atoms with Crippen LogP contribution in [-0.4, -0.2) is 77.2 Å². The van der Waals surface area contributed by atoms with Crippen molar-refractivity contribution < 1.29 is 31.5 Å². The van der Waals surface area contributed by atoms with Crippen LogP contribution < -0.4 is 37.4 Å². The van der Waals surface area contributed by atoms with Gasteiger partial charge in [0.1, 0.15) is 0 Å². The average molecular weight is 509 g/mol. The Balaban J connectivity index is 2.24. The van der Waals surface area contributed by atoms with E-state index in [1.807, 2.05) is 4.98 Å². The zero-order valence-corrected chi connectivity index (χ0v) is 18.4. The van der Waals surface area contributed by atoms with Crippen molar-refractivity contribution in [2.45, 2.75) is 5.16 Å². The molecule has 0 aliphatic heterocycles. The van der Waals surface area contributed by atoms with Crippen molar-refractivity contribution in [3.05, 3.63) is 20.8 Å². The summed E-state index contributed by atoms with van der Waals surface area (Å²) in [5, 5.41) is 7.78. The molecule has 7 N–H and O–H groups in total. The maximum Gasteiger partial charge on any atom is 0.328 e. The summed E-state index contributed by atoms with van der Waals surface area (Å²) in [6.45, 7) is 0.201. The molecule has 0 fully saturated rings. The Morgan fingerprint density at radius 1 is 1.18 bits per heavy atom. The minimum atomic E-state index is -4.25. The number of aromatic nitrogens is 5. The van der Waals surface area contributed by atoms with Gasteiger partial charge in [-0.3, -0.25) is 29.4 Å². The Hall–Kier alpha value is -3.14. The number of anilines is 3. The van der Waals surface area contributed by atoms with Crippen LogP contribution in [0.2, 0.25) is 0 Å². The van der Waals surface area contributed by atoms with Gasteiger partial charge in [0.05, 0.1) is 31.2 Å². The molecule has 0 aliphatic carbocycles. The van der Waals surface area contributed by atoms with Crippen LogP contribution in [0.4, 0.5) is 17.6 Å². The molecule has 182 valence electrons. The number of hydrogen-bond donors (Lipinski definition) is 7. The molecule has 0 aliphatic rings. The lowest BCUT2D eigenvalue weighted by Crippen LogP contribution is -2.29. The highest BCUT2D eigenvalue weighted by molar-refractivity contribution is 7.94. The second-order valence-corrected chi connectivity index (χ2v) is 7.87. The van der Waals surface area contributed by atoms with E-state index in [1.54, 1.807) is 0 Å². The SMILES string of the molecule is COCNCNOSc1nc(NCCS(=O)(=O)O)nc(Nc2c(OC=O)[nH]c(=O)[nH]c2=O)n1. The number of H-pyrrole nitrogens is 2. The number of carbonyl (C=O) groups excluding carboxylic acids is 1. The van der Waals surface area contributed by atoms with Gasteiger partial charge < -0.3 is 20.1 Å². The Labute approximate surface area is 189 Å². The molecule has 0 saturated carbocycles. The largest absolute Gasteiger partial charge is 0.409 e. The number of carbonyl (C=O) groups is 1. The van der Waals surface area contributed by atoms with Crippen molar-refractivity contribution >= 4 is 46.2 Å². The van der Waals surface area contributed by atoms with Gasteiger partial charge in [0.25, 0.3) is 22.1 Å². The van der Waals surface area contributed by atoms with Gasteiger partial charge in [-0.2, -0.15) is 28.8 Å². The number of methoxy groups -OCH3 is 1. The summed E-state index contributed by atoms with van der Waals surface area (Å²) in [4.78, 5) is 50.2. The molecule has 18 nitrogen and oxygen atoms in total. The van der Waals surface area contributed by atoms with Gasteiger partial charge in [-0.05, 0) is 0 Å². The summed E-state index contributed by atoms with van der Waals surface area (Å²) in [5.41, 5.74) is 0.241. The molecular weight excluding hydrogens is 490 g/mol. The third-order valence-electron chi connectivity index (χ3n) is 3.19. The third-order valence-corrected chi connectivity index (χ3v) is 4.44. The summed E-state index contributed by atoms with van der Waals surface area (Å²) < 4.78 is 45.1. The van der Waals surface area contributed by atoms with Gasteiger partial charge >= 0.3 is 5.69 Å². The van der Waals surface area contributed by atoms with Gasteiger partial charge in [0.2, 0.25) is 22.9 Å². The monoisotopic (exact) mass is 509 g/mol. The second kappa shape index (κ2) is 12.8. The lowest BCUT2D eigenvalue weighted by atomic mass is 10.5. The summed E-state index contributed by atoms with van der Waals surface area (Å²) in [6, 6.07) is 0. The molecule has 0 amide bonds. The molecule has 0 spiro atoms. The topological polar surface area (TPSA) is 252 Å². The fourth-order valence-corrected chi connectivity index (χ4v) is 2.75. The quantitative estimate of drug-likeness (QED) is 0.0327.